The van der Waals surface area contributed by atoms with E-state index in [1.165, 1.54) is 18.4 Å². The Labute approximate surface area is 212 Å². The van der Waals surface area contributed by atoms with Crippen LogP contribution in [0.25, 0.3) is 0 Å². The zero-order chi connectivity index (χ0) is 25.3. The average Bonchev–Trinajstić information content (AvgIpc) is 3.59. The molecule has 6 heteroatoms. The first-order chi connectivity index (χ1) is 17.3. The van der Waals surface area contributed by atoms with Crippen molar-refractivity contribution in [3.63, 3.8) is 0 Å². The third-order valence-electron chi connectivity index (χ3n) is 6.88. The number of hydrogen-bond acceptors (Lipinski definition) is 4. The Hall–Kier alpha value is -3.54. The number of benzene rings is 2. The van der Waals surface area contributed by atoms with Gasteiger partial charge in [-0.2, -0.15) is 0 Å². The minimum Gasteiger partial charge on any atom is -0.486 e. The number of carbonyl (C=O) groups excluding carboxylic acids is 2. The number of amides is 2. The van der Waals surface area contributed by atoms with E-state index in [0.717, 1.165) is 17.5 Å². The Kier molecular flexibility index (Phi) is 6.61. The van der Waals surface area contributed by atoms with E-state index in [1.54, 1.807) is 12.1 Å². The smallest absolute Gasteiger partial charge is 0.287 e. The van der Waals surface area contributed by atoms with Crippen molar-refractivity contribution >= 4 is 11.8 Å². The summed E-state index contributed by atoms with van der Waals surface area (Å²) >= 11 is 0. The van der Waals surface area contributed by atoms with Gasteiger partial charge in [0.2, 0.25) is 5.91 Å². The molecule has 2 aliphatic rings. The topological polar surface area (TPSA) is 71.8 Å². The van der Waals surface area contributed by atoms with E-state index in [1.807, 2.05) is 56.0 Å². The second kappa shape index (κ2) is 9.84. The second-order valence-corrected chi connectivity index (χ2v) is 10.9. The van der Waals surface area contributed by atoms with E-state index in [2.05, 4.69) is 23.5 Å². The SMILES string of the molecule is CC(C)(C)C(=O)N1CCc2ccc(OCc3ccc(C(=O)NCC4CC4)o3)cc2[C@H]1c1ccccc1. The molecular formula is C30H34N2O4. The lowest BCUT2D eigenvalue weighted by Gasteiger charge is -2.41. The van der Waals surface area contributed by atoms with Crippen LogP contribution in [0.2, 0.25) is 0 Å². The van der Waals surface area contributed by atoms with Gasteiger partial charge in [-0.15, -0.1) is 0 Å². The van der Waals surface area contributed by atoms with E-state index in [4.69, 9.17) is 9.15 Å². The molecule has 1 aliphatic heterocycles. The van der Waals surface area contributed by atoms with Gasteiger partial charge >= 0.3 is 0 Å². The minimum absolute atomic E-state index is 0.136. The molecule has 6 nitrogen and oxygen atoms in total. The van der Waals surface area contributed by atoms with Crippen LogP contribution in [-0.2, 0) is 17.8 Å². The summed E-state index contributed by atoms with van der Waals surface area (Å²) in [6.45, 7) is 7.51. The number of furan rings is 1. The normalized spacial score (nSPS) is 17.4. The van der Waals surface area contributed by atoms with Crippen molar-refractivity contribution in [3.05, 3.63) is 88.9 Å². The molecule has 1 fully saturated rings. The molecular weight excluding hydrogens is 452 g/mol. The third kappa shape index (κ3) is 5.32. The standard InChI is InChI=1S/C30H34N2O4/c1-30(2,3)29(34)32-16-15-21-11-12-23(17-25(21)27(32)22-7-5-4-6-8-22)35-19-24-13-14-26(36-24)28(33)31-18-20-9-10-20/h4-8,11-14,17,20,27H,9-10,15-16,18-19H2,1-3H3,(H,31,33)/t27-/m1/s1. The minimum atomic E-state index is -0.472. The Bertz CT molecular complexity index is 1240. The first-order valence-corrected chi connectivity index (χ1v) is 12.8. The van der Waals surface area contributed by atoms with Crippen LogP contribution in [-0.4, -0.2) is 29.8 Å². The lowest BCUT2D eigenvalue weighted by molar-refractivity contribution is -0.141. The molecule has 2 amide bonds. The fourth-order valence-corrected chi connectivity index (χ4v) is 4.71. The van der Waals surface area contributed by atoms with Crippen LogP contribution in [0.4, 0.5) is 0 Å². The molecule has 1 aliphatic carbocycles. The molecule has 0 unspecified atom stereocenters. The zero-order valence-corrected chi connectivity index (χ0v) is 21.3. The molecule has 0 saturated heterocycles. The number of fused-ring (bicyclic) bond motifs is 1. The molecule has 5 rings (SSSR count). The number of nitrogens with zero attached hydrogens (tertiary/aromatic N) is 1. The molecule has 1 saturated carbocycles. The highest BCUT2D eigenvalue weighted by atomic mass is 16.5. The molecule has 2 heterocycles. The molecule has 1 N–H and O–H groups in total. The molecule has 0 bridgehead atoms. The third-order valence-corrected chi connectivity index (χ3v) is 6.88. The van der Waals surface area contributed by atoms with E-state index < -0.39 is 5.41 Å². The van der Waals surface area contributed by atoms with Crippen molar-refractivity contribution in [1.82, 2.24) is 10.2 Å². The summed E-state index contributed by atoms with van der Waals surface area (Å²) in [5.74, 6) is 2.17. The Morgan fingerprint density at radius 2 is 1.83 bits per heavy atom. The highest BCUT2D eigenvalue weighted by Gasteiger charge is 2.37. The van der Waals surface area contributed by atoms with Gasteiger partial charge < -0.3 is 19.4 Å². The van der Waals surface area contributed by atoms with Gasteiger partial charge in [-0.3, -0.25) is 9.59 Å². The molecule has 1 aromatic heterocycles. The van der Waals surface area contributed by atoms with Gasteiger partial charge in [-0.25, -0.2) is 0 Å². The Balaban J connectivity index is 1.34. The fraction of sp³-hybridized carbons (Fsp3) is 0.400. The highest BCUT2D eigenvalue weighted by Crippen LogP contribution is 2.39. The number of rotatable bonds is 7. The van der Waals surface area contributed by atoms with Gasteiger partial charge in [0.25, 0.3) is 5.91 Å². The number of carbonyl (C=O) groups is 2. The van der Waals surface area contributed by atoms with Gasteiger partial charge in [-0.1, -0.05) is 57.2 Å². The van der Waals surface area contributed by atoms with E-state index in [0.29, 0.717) is 36.3 Å². The van der Waals surface area contributed by atoms with Crippen LogP contribution in [0.5, 0.6) is 5.75 Å². The van der Waals surface area contributed by atoms with Gasteiger partial charge in [0.15, 0.2) is 5.76 Å². The van der Waals surface area contributed by atoms with Crippen LogP contribution in [0.3, 0.4) is 0 Å². The molecule has 188 valence electrons. The summed E-state index contributed by atoms with van der Waals surface area (Å²) in [5, 5.41) is 2.92. The Morgan fingerprint density at radius 3 is 2.56 bits per heavy atom. The van der Waals surface area contributed by atoms with Crippen molar-refractivity contribution in [2.24, 2.45) is 11.3 Å². The van der Waals surface area contributed by atoms with Crippen LogP contribution >= 0.6 is 0 Å². The summed E-state index contributed by atoms with van der Waals surface area (Å²) in [6, 6.07) is 19.6. The highest BCUT2D eigenvalue weighted by molar-refractivity contribution is 5.91. The monoisotopic (exact) mass is 486 g/mol. The molecule has 3 aromatic rings. The largest absolute Gasteiger partial charge is 0.486 e. The predicted molar refractivity (Wildman–Crippen MR) is 138 cm³/mol. The summed E-state index contributed by atoms with van der Waals surface area (Å²) in [6.07, 6.45) is 3.18. The summed E-state index contributed by atoms with van der Waals surface area (Å²) in [7, 11) is 0. The van der Waals surface area contributed by atoms with Crippen molar-refractivity contribution in [2.75, 3.05) is 13.1 Å². The lowest BCUT2D eigenvalue weighted by atomic mass is 9.85. The summed E-state index contributed by atoms with van der Waals surface area (Å²) in [4.78, 5) is 27.7. The van der Waals surface area contributed by atoms with E-state index in [-0.39, 0.29) is 24.5 Å². The van der Waals surface area contributed by atoms with Crippen LogP contribution in [0.15, 0.2) is 65.1 Å². The first-order valence-electron chi connectivity index (χ1n) is 12.8. The second-order valence-electron chi connectivity index (χ2n) is 10.9. The maximum atomic E-state index is 13.4. The van der Waals surface area contributed by atoms with Gasteiger partial charge in [0.05, 0.1) is 6.04 Å². The van der Waals surface area contributed by atoms with Crippen molar-refractivity contribution < 1.29 is 18.7 Å². The maximum Gasteiger partial charge on any atom is 0.287 e. The quantitative estimate of drug-likeness (QED) is 0.477. The average molecular weight is 487 g/mol. The van der Waals surface area contributed by atoms with Gasteiger partial charge in [-0.05, 0) is 66.1 Å². The summed E-state index contributed by atoms with van der Waals surface area (Å²) in [5.41, 5.74) is 2.92. The van der Waals surface area contributed by atoms with E-state index in [9.17, 15) is 9.59 Å². The van der Waals surface area contributed by atoms with Crippen molar-refractivity contribution in [3.8, 4) is 5.75 Å². The van der Waals surface area contributed by atoms with Crippen LogP contribution in [0.1, 0.15) is 72.7 Å². The fourth-order valence-electron chi connectivity index (χ4n) is 4.71. The zero-order valence-electron chi connectivity index (χ0n) is 21.3. The molecule has 0 radical (unpaired) electrons. The van der Waals surface area contributed by atoms with Gasteiger partial charge in [0.1, 0.15) is 18.1 Å². The Morgan fingerprint density at radius 1 is 1.06 bits per heavy atom. The van der Waals surface area contributed by atoms with Crippen molar-refractivity contribution in [1.29, 1.82) is 0 Å². The number of nitrogens with one attached hydrogen (secondary N) is 1. The van der Waals surface area contributed by atoms with Crippen LogP contribution in [0, 0.1) is 11.3 Å². The first kappa shape index (κ1) is 24.2. The van der Waals surface area contributed by atoms with Gasteiger partial charge in [0, 0.05) is 18.5 Å². The maximum absolute atomic E-state index is 13.4. The van der Waals surface area contributed by atoms with E-state index >= 15 is 0 Å². The lowest BCUT2D eigenvalue weighted by Crippen LogP contribution is -2.45. The van der Waals surface area contributed by atoms with Crippen LogP contribution < -0.4 is 10.1 Å². The number of ether oxygens (including phenoxy) is 1. The predicted octanol–water partition coefficient (Wildman–Crippen LogP) is 5.52. The summed E-state index contributed by atoms with van der Waals surface area (Å²) < 4.78 is 11.8. The van der Waals surface area contributed by atoms with Crippen molar-refractivity contribution in [2.45, 2.75) is 52.7 Å². The molecule has 1 atom stereocenters. The molecule has 0 spiro atoms. The molecule has 2 aromatic carbocycles. The molecule has 36 heavy (non-hydrogen) atoms. The number of hydrogen-bond donors (Lipinski definition) is 1.